The van der Waals surface area contributed by atoms with Gasteiger partial charge in [0.1, 0.15) is 0 Å². The van der Waals surface area contributed by atoms with Gasteiger partial charge in [-0.1, -0.05) is 19.1 Å². The Morgan fingerprint density at radius 2 is 1.96 bits per heavy atom. The quantitative estimate of drug-likeness (QED) is 0.809. The smallest absolute Gasteiger partial charge is 0.175 e. The van der Waals surface area contributed by atoms with Gasteiger partial charge in [-0.25, -0.2) is 8.42 Å². The Morgan fingerprint density at radius 1 is 1.26 bits per heavy atom. The summed E-state index contributed by atoms with van der Waals surface area (Å²) in [5, 5.41) is 6.80. The fourth-order valence-electron chi connectivity index (χ4n) is 2.13. The minimum atomic E-state index is -3.18. The van der Waals surface area contributed by atoms with Crippen molar-refractivity contribution in [3.8, 4) is 0 Å². The summed E-state index contributed by atoms with van der Waals surface area (Å²) in [6, 6.07) is 10.6. The molecule has 2 N–H and O–H groups in total. The number of rotatable bonds is 5. The summed E-state index contributed by atoms with van der Waals surface area (Å²) in [6.07, 6.45) is 5.40. The van der Waals surface area contributed by atoms with Gasteiger partial charge in [-0.05, 0) is 48.5 Å². The molecule has 5 nitrogen and oxygen atoms in total. The molecule has 0 saturated carbocycles. The van der Waals surface area contributed by atoms with Gasteiger partial charge < -0.3 is 10.6 Å². The first-order valence-corrected chi connectivity index (χ1v) is 9.47. The number of thiocarbonyl (C=S) groups is 1. The van der Waals surface area contributed by atoms with E-state index in [0.29, 0.717) is 10.0 Å². The fourth-order valence-corrected chi connectivity index (χ4v) is 3.02. The van der Waals surface area contributed by atoms with Crippen molar-refractivity contribution in [3.63, 3.8) is 0 Å². The van der Waals surface area contributed by atoms with E-state index in [2.05, 4.69) is 15.6 Å². The molecule has 0 amide bonds. The van der Waals surface area contributed by atoms with Crippen molar-refractivity contribution in [3.05, 3.63) is 54.4 Å². The number of nitrogens with one attached hydrogen (secondary N) is 2. The first kappa shape index (κ1) is 17.4. The van der Waals surface area contributed by atoms with E-state index in [9.17, 15) is 8.42 Å². The number of nitrogens with zero attached hydrogens (tertiary/aromatic N) is 1. The molecule has 1 aromatic heterocycles. The summed E-state index contributed by atoms with van der Waals surface area (Å²) < 4.78 is 23.0. The third kappa shape index (κ3) is 5.01. The van der Waals surface area contributed by atoms with Crippen LogP contribution in [0, 0.1) is 0 Å². The molecule has 23 heavy (non-hydrogen) atoms. The number of anilines is 1. The standard InChI is InChI=1S/C16H19N3O2S2/c1-3-15(12-6-8-14(9-7-12)23(2,20)21)19-16(22)18-13-5-4-10-17-11-13/h4-11,15H,3H2,1-2H3,(H2,18,19,22)/t15-/m0/s1. The van der Waals surface area contributed by atoms with Crippen LogP contribution in [0.25, 0.3) is 0 Å². The molecule has 0 spiro atoms. The van der Waals surface area contributed by atoms with Crippen LogP contribution in [0.2, 0.25) is 0 Å². The second kappa shape index (κ2) is 7.52. The minimum Gasteiger partial charge on any atom is -0.356 e. The average Bonchev–Trinajstić information content (AvgIpc) is 2.53. The zero-order valence-electron chi connectivity index (χ0n) is 13.0. The van der Waals surface area contributed by atoms with Crippen LogP contribution in [0.5, 0.6) is 0 Å². The highest BCUT2D eigenvalue weighted by atomic mass is 32.2. The maximum Gasteiger partial charge on any atom is 0.175 e. The first-order chi connectivity index (χ1) is 10.9. The minimum absolute atomic E-state index is 0.000261. The van der Waals surface area contributed by atoms with Crippen LogP contribution < -0.4 is 10.6 Å². The monoisotopic (exact) mass is 349 g/mol. The maximum absolute atomic E-state index is 11.5. The molecule has 0 fully saturated rings. The van der Waals surface area contributed by atoms with Crippen molar-refractivity contribution in [2.45, 2.75) is 24.3 Å². The molecule has 1 atom stereocenters. The summed E-state index contributed by atoms with van der Waals surface area (Å²) in [4.78, 5) is 4.33. The van der Waals surface area contributed by atoms with Gasteiger partial charge >= 0.3 is 0 Å². The highest BCUT2D eigenvalue weighted by molar-refractivity contribution is 7.90. The Kier molecular flexibility index (Phi) is 5.68. The number of hydrogen-bond donors (Lipinski definition) is 2. The second-order valence-electron chi connectivity index (χ2n) is 5.14. The Bertz CT molecular complexity index is 760. The first-order valence-electron chi connectivity index (χ1n) is 7.17. The lowest BCUT2D eigenvalue weighted by Crippen LogP contribution is -2.32. The molecule has 7 heteroatoms. The largest absolute Gasteiger partial charge is 0.356 e. The fraction of sp³-hybridized carbons (Fsp3) is 0.250. The van der Waals surface area contributed by atoms with E-state index >= 15 is 0 Å². The summed E-state index contributed by atoms with van der Waals surface area (Å²) in [7, 11) is -3.18. The highest BCUT2D eigenvalue weighted by Crippen LogP contribution is 2.19. The molecule has 122 valence electrons. The number of hydrogen-bond acceptors (Lipinski definition) is 4. The van der Waals surface area contributed by atoms with E-state index in [1.807, 2.05) is 31.2 Å². The van der Waals surface area contributed by atoms with E-state index in [1.165, 1.54) is 6.26 Å². The van der Waals surface area contributed by atoms with Crippen molar-refractivity contribution in [1.82, 2.24) is 10.3 Å². The lowest BCUT2D eigenvalue weighted by Gasteiger charge is -2.20. The van der Waals surface area contributed by atoms with Gasteiger partial charge in [0.2, 0.25) is 0 Å². The Balaban J connectivity index is 2.06. The number of benzene rings is 1. The molecule has 0 aliphatic rings. The highest BCUT2D eigenvalue weighted by Gasteiger charge is 2.13. The summed E-state index contributed by atoms with van der Waals surface area (Å²) in [5.74, 6) is 0. The van der Waals surface area contributed by atoms with Gasteiger partial charge in [-0.15, -0.1) is 0 Å². The van der Waals surface area contributed by atoms with Gasteiger partial charge in [-0.3, -0.25) is 4.98 Å². The van der Waals surface area contributed by atoms with E-state index in [1.54, 1.807) is 24.5 Å². The van der Waals surface area contributed by atoms with Crippen LogP contribution in [0.1, 0.15) is 24.9 Å². The zero-order chi connectivity index (χ0) is 16.9. The van der Waals surface area contributed by atoms with Crippen molar-refractivity contribution >= 4 is 32.9 Å². The van der Waals surface area contributed by atoms with Crippen LogP contribution in [-0.4, -0.2) is 24.8 Å². The summed E-state index contributed by atoms with van der Waals surface area (Å²) in [5.41, 5.74) is 1.79. The molecule has 2 rings (SSSR count). The van der Waals surface area contributed by atoms with E-state index in [-0.39, 0.29) is 6.04 Å². The van der Waals surface area contributed by atoms with Crippen LogP contribution >= 0.6 is 12.2 Å². The van der Waals surface area contributed by atoms with Gasteiger partial charge in [0.15, 0.2) is 14.9 Å². The van der Waals surface area contributed by atoms with Crippen molar-refractivity contribution in [2.75, 3.05) is 11.6 Å². The molecule has 0 radical (unpaired) electrons. The lowest BCUT2D eigenvalue weighted by molar-refractivity contribution is 0.601. The Labute approximate surface area is 142 Å². The molecular weight excluding hydrogens is 330 g/mol. The molecule has 0 bridgehead atoms. The summed E-state index contributed by atoms with van der Waals surface area (Å²) >= 11 is 5.32. The van der Waals surface area contributed by atoms with Gasteiger partial charge in [0, 0.05) is 12.5 Å². The van der Waals surface area contributed by atoms with Crippen LogP contribution in [0.4, 0.5) is 5.69 Å². The van der Waals surface area contributed by atoms with Gasteiger partial charge in [0.05, 0.1) is 22.8 Å². The normalized spacial score (nSPS) is 12.4. The van der Waals surface area contributed by atoms with Crippen LogP contribution in [-0.2, 0) is 9.84 Å². The summed E-state index contributed by atoms with van der Waals surface area (Å²) in [6.45, 7) is 2.04. The van der Waals surface area contributed by atoms with Gasteiger partial charge in [-0.2, -0.15) is 0 Å². The zero-order valence-corrected chi connectivity index (χ0v) is 14.6. The van der Waals surface area contributed by atoms with Crippen molar-refractivity contribution in [2.24, 2.45) is 0 Å². The number of sulfone groups is 1. The third-order valence-corrected chi connectivity index (χ3v) is 4.69. The second-order valence-corrected chi connectivity index (χ2v) is 7.57. The molecular formula is C16H19N3O2S2. The Morgan fingerprint density at radius 3 is 2.48 bits per heavy atom. The topological polar surface area (TPSA) is 71.1 Å². The van der Waals surface area contributed by atoms with Crippen LogP contribution in [0.15, 0.2) is 53.7 Å². The molecule has 0 aliphatic heterocycles. The van der Waals surface area contributed by atoms with E-state index in [4.69, 9.17) is 12.2 Å². The molecule has 0 unspecified atom stereocenters. The molecule has 1 aromatic carbocycles. The predicted molar refractivity (Wildman–Crippen MR) is 96.2 cm³/mol. The lowest BCUT2D eigenvalue weighted by atomic mass is 10.1. The predicted octanol–water partition coefficient (Wildman–Crippen LogP) is 2.92. The average molecular weight is 349 g/mol. The molecule has 1 heterocycles. The van der Waals surface area contributed by atoms with Crippen molar-refractivity contribution < 1.29 is 8.42 Å². The van der Waals surface area contributed by atoms with Crippen LogP contribution in [0.3, 0.4) is 0 Å². The van der Waals surface area contributed by atoms with Gasteiger partial charge in [0.25, 0.3) is 0 Å². The number of pyridine rings is 1. The van der Waals surface area contributed by atoms with E-state index in [0.717, 1.165) is 17.7 Å². The third-order valence-electron chi connectivity index (χ3n) is 3.34. The molecule has 0 saturated heterocycles. The SMILES string of the molecule is CC[C@H](NC(=S)Nc1cccnc1)c1ccc(S(C)(=O)=O)cc1. The van der Waals surface area contributed by atoms with E-state index < -0.39 is 9.84 Å². The maximum atomic E-state index is 11.5. The molecule has 2 aromatic rings. The Hall–Kier alpha value is -1.99. The molecule has 0 aliphatic carbocycles. The number of aromatic nitrogens is 1. The van der Waals surface area contributed by atoms with Crippen molar-refractivity contribution in [1.29, 1.82) is 0 Å².